The predicted molar refractivity (Wildman–Crippen MR) is 86.5 cm³/mol. The lowest BCUT2D eigenvalue weighted by Gasteiger charge is -2.08. The highest BCUT2D eigenvalue weighted by molar-refractivity contribution is 5.93. The predicted octanol–water partition coefficient (Wildman–Crippen LogP) is 1.53. The molecule has 0 unspecified atom stereocenters. The van der Waals surface area contributed by atoms with E-state index in [1.807, 2.05) is 35.0 Å². The van der Waals surface area contributed by atoms with Gasteiger partial charge in [0.25, 0.3) is 0 Å². The number of nitrogens with zero attached hydrogens (tertiary/aromatic N) is 1. The van der Waals surface area contributed by atoms with E-state index in [1.54, 1.807) is 14.0 Å². The molecule has 3 N–H and O–H groups in total. The molecule has 1 heterocycles. The van der Waals surface area contributed by atoms with Crippen LogP contribution in [-0.2, 0) is 11.3 Å². The van der Waals surface area contributed by atoms with E-state index in [1.165, 1.54) is 0 Å². The molecule has 114 valence electrons. The number of carbonyl (C=O) groups excluding carboxylic acids is 2. The van der Waals surface area contributed by atoms with Crippen molar-refractivity contribution in [2.24, 2.45) is 0 Å². The zero-order valence-electron chi connectivity index (χ0n) is 12.6. The number of carbonyl (C=O) groups is 2. The molecule has 0 saturated carbocycles. The molecule has 0 aliphatic heterocycles. The maximum absolute atomic E-state index is 11.7. The average molecular weight is 298 g/mol. The van der Waals surface area contributed by atoms with E-state index in [4.69, 9.17) is 0 Å². The third-order valence-electron chi connectivity index (χ3n) is 3.14. The standard InChI is InChI=1S/C16H18N4O2/c1-3-4-8-18-16(22)19-13-6-5-12-7-9-20(14(12)10-13)11-15(21)17-2/h5-7,9-10H,8,11H2,1-2H3,(H,17,21)(H2,18,19,22). The van der Waals surface area contributed by atoms with E-state index < -0.39 is 0 Å². The summed E-state index contributed by atoms with van der Waals surface area (Å²) in [5.41, 5.74) is 1.54. The highest BCUT2D eigenvalue weighted by Crippen LogP contribution is 2.20. The molecule has 0 aliphatic carbocycles. The topological polar surface area (TPSA) is 75.2 Å². The second kappa shape index (κ2) is 7.18. The number of fused-ring (bicyclic) bond motifs is 1. The molecule has 0 saturated heterocycles. The Morgan fingerprint density at radius 3 is 2.82 bits per heavy atom. The number of hydrogen-bond acceptors (Lipinski definition) is 2. The van der Waals surface area contributed by atoms with Crippen molar-refractivity contribution < 1.29 is 9.59 Å². The lowest BCUT2D eigenvalue weighted by Crippen LogP contribution is -2.28. The van der Waals surface area contributed by atoms with Gasteiger partial charge in [-0.25, -0.2) is 4.79 Å². The average Bonchev–Trinajstić information content (AvgIpc) is 2.90. The Balaban J connectivity index is 2.14. The summed E-state index contributed by atoms with van der Waals surface area (Å²) < 4.78 is 1.83. The van der Waals surface area contributed by atoms with Crippen LogP contribution in [0.15, 0.2) is 30.5 Å². The van der Waals surface area contributed by atoms with Gasteiger partial charge in [-0.05, 0) is 30.5 Å². The summed E-state index contributed by atoms with van der Waals surface area (Å²) in [5.74, 6) is 5.39. The van der Waals surface area contributed by atoms with E-state index in [9.17, 15) is 9.59 Å². The fourth-order valence-corrected chi connectivity index (χ4v) is 2.02. The molecule has 6 nitrogen and oxygen atoms in total. The Hall–Kier alpha value is -2.94. The van der Waals surface area contributed by atoms with Gasteiger partial charge in [-0.15, -0.1) is 5.92 Å². The van der Waals surface area contributed by atoms with Gasteiger partial charge in [-0.1, -0.05) is 12.0 Å². The zero-order valence-corrected chi connectivity index (χ0v) is 12.6. The van der Waals surface area contributed by atoms with Gasteiger partial charge in [-0.3, -0.25) is 4.79 Å². The van der Waals surface area contributed by atoms with Crippen molar-refractivity contribution >= 4 is 28.5 Å². The minimum absolute atomic E-state index is 0.0771. The van der Waals surface area contributed by atoms with E-state index in [0.717, 1.165) is 10.9 Å². The van der Waals surface area contributed by atoms with Gasteiger partial charge in [0.05, 0.1) is 12.1 Å². The molecule has 0 radical (unpaired) electrons. The first kappa shape index (κ1) is 15.4. The number of nitrogens with one attached hydrogen (secondary N) is 3. The van der Waals surface area contributed by atoms with Crippen LogP contribution in [0.2, 0.25) is 0 Å². The fourth-order valence-electron chi connectivity index (χ4n) is 2.02. The van der Waals surface area contributed by atoms with Crippen molar-refractivity contribution in [3.63, 3.8) is 0 Å². The lowest BCUT2D eigenvalue weighted by molar-refractivity contribution is -0.121. The van der Waals surface area contributed by atoms with Crippen molar-refractivity contribution in [1.82, 2.24) is 15.2 Å². The molecule has 2 aromatic rings. The zero-order chi connectivity index (χ0) is 15.9. The Kier molecular flexibility index (Phi) is 5.04. The maximum Gasteiger partial charge on any atom is 0.319 e. The highest BCUT2D eigenvalue weighted by atomic mass is 16.2. The molecular formula is C16H18N4O2. The first-order valence-electron chi connectivity index (χ1n) is 6.88. The van der Waals surface area contributed by atoms with Crippen LogP contribution in [0.5, 0.6) is 0 Å². The first-order chi connectivity index (χ1) is 10.6. The normalized spacial score (nSPS) is 9.73. The van der Waals surface area contributed by atoms with Crippen molar-refractivity contribution in [1.29, 1.82) is 0 Å². The van der Waals surface area contributed by atoms with Crippen molar-refractivity contribution in [2.45, 2.75) is 13.5 Å². The SMILES string of the molecule is CC#CCNC(=O)Nc1ccc2ccn(CC(=O)NC)c2c1. The van der Waals surface area contributed by atoms with E-state index in [-0.39, 0.29) is 18.5 Å². The molecule has 0 bridgehead atoms. The minimum Gasteiger partial charge on any atom is -0.358 e. The number of amides is 3. The molecule has 0 aliphatic rings. The molecule has 0 atom stereocenters. The molecule has 1 aromatic carbocycles. The van der Waals surface area contributed by atoms with Crippen LogP contribution in [0.4, 0.5) is 10.5 Å². The van der Waals surface area contributed by atoms with Gasteiger partial charge < -0.3 is 20.5 Å². The summed E-state index contributed by atoms with van der Waals surface area (Å²) in [4.78, 5) is 23.2. The largest absolute Gasteiger partial charge is 0.358 e. The highest BCUT2D eigenvalue weighted by Gasteiger charge is 2.07. The summed E-state index contributed by atoms with van der Waals surface area (Å²) in [5, 5.41) is 8.98. The van der Waals surface area contributed by atoms with Gasteiger partial charge in [0.2, 0.25) is 5.91 Å². The lowest BCUT2D eigenvalue weighted by atomic mass is 10.2. The number of hydrogen-bond donors (Lipinski definition) is 3. The second-order valence-electron chi connectivity index (χ2n) is 4.62. The molecule has 6 heteroatoms. The van der Waals surface area contributed by atoms with Crippen LogP contribution in [0, 0.1) is 11.8 Å². The maximum atomic E-state index is 11.7. The molecule has 22 heavy (non-hydrogen) atoms. The molecule has 3 amide bonds. The molecule has 0 fully saturated rings. The van der Waals surface area contributed by atoms with Crippen molar-refractivity contribution in [2.75, 3.05) is 18.9 Å². The van der Waals surface area contributed by atoms with Gasteiger partial charge in [0.1, 0.15) is 6.54 Å². The Morgan fingerprint density at radius 2 is 2.09 bits per heavy atom. The van der Waals surface area contributed by atoms with Gasteiger partial charge in [0.15, 0.2) is 0 Å². The Bertz CT molecular complexity index is 752. The quantitative estimate of drug-likeness (QED) is 0.749. The summed E-state index contributed by atoms with van der Waals surface area (Å²) in [6.07, 6.45) is 1.85. The smallest absolute Gasteiger partial charge is 0.319 e. The monoisotopic (exact) mass is 298 g/mol. The third-order valence-corrected chi connectivity index (χ3v) is 3.14. The van der Waals surface area contributed by atoms with Gasteiger partial charge in [0, 0.05) is 18.9 Å². The van der Waals surface area contributed by atoms with Crippen LogP contribution in [-0.4, -0.2) is 30.1 Å². The number of benzene rings is 1. The van der Waals surface area contributed by atoms with Crippen LogP contribution < -0.4 is 16.0 Å². The van der Waals surface area contributed by atoms with Crippen LogP contribution in [0.25, 0.3) is 10.9 Å². The summed E-state index contributed by atoms with van der Waals surface area (Å²) >= 11 is 0. The summed E-state index contributed by atoms with van der Waals surface area (Å²) in [6, 6.07) is 7.17. The number of rotatable bonds is 4. The number of aromatic nitrogens is 1. The third kappa shape index (κ3) is 3.79. The van der Waals surface area contributed by atoms with Crippen molar-refractivity contribution in [3.8, 4) is 11.8 Å². The van der Waals surface area contributed by atoms with Crippen LogP contribution in [0.1, 0.15) is 6.92 Å². The summed E-state index contributed by atoms with van der Waals surface area (Å²) in [7, 11) is 1.60. The minimum atomic E-state index is -0.313. The molecule has 1 aromatic heterocycles. The van der Waals surface area contributed by atoms with E-state index >= 15 is 0 Å². The molecule has 2 rings (SSSR count). The molecule has 0 spiro atoms. The fraction of sp³-hybridized carbons (Fsp3) is 0.250. The number of likely N-dealkylation sites (N-methyl/N-ethyl adjacent to an activating group) is 1. The van der Waals surface area contributed by atoms with E-state index in [2.05, 4.69) is 27.8 Å². The Morgan fingerprint density at radius 1 is 1.27 bits per heavy atom. The number of urea groups is 1. The van der Waals surface area contributed by atoms with Crippen LogP contribution in [0.3, 0.4) is 0 Å². The van der Waals surface area contributed by atoms with Crippen LogP contribution >= 0.6 is 0 Å². The second-order valence-corrected chi connectivity index (χ2v) is 4.62. The summed E-state index contributed by atoms with van der Waals surface area (Å²) in [6.45, 7) is 2.26. The van der Waals surface area contributed by atoms with Gasteiger partial charge in [-0.2, -0.15) is 0 Å². The first-order valence-corrected chi connectivity index (χ1v) is 6.88. The molecular weight excluding hydrogens is 280 g/mol. The Labute approximate surface area is 128 Å². The van der Waals surface area contributed by atoms with Crippen molar-refractivity contribution in [3.05, 3.63) is 30.5 Å². The number of anilines is 1. The van der Waals surface area contributed by atoms with Gasteiger partial charge >= 0.3 is 6.03 Å². The van der Waals surface area contributed by atoms with E-state index in [0.29, 0.717) is 12.2 Å².